The summed E-state index contributed by atoms with van der Waals surface area (Å²) in [6.07, 6.45) is 0.0874. The van der Waals surface area contributed by atoms with Gasteiger partial charge in [-0.3, -0.25) is 4.79 Å². The molecule has 1 aromatic rings. The molecule has 0 unspecified atom stereocenters. The second-order valence-electron chi connectivity index (χ2n) is 3.50. The molecular weight excluding hydrogens is 222 g/mol. The van der Waals surface area contributed by atoms with Crippen molar-refractivity contribution in [2.75, 3.05) is 12.4 Å². The van der Waals surface area contributed by atoms with Crippen molar-refractivity contribution in [3.63, 3.8) is 0 Å². The van der Waals surface area contributed by atoms with Crippen LogP contribution in [0, 0.1) is 0 Å². The average Bonchev–Trinajstić information content (AvgIpc) is 2.31. The molecule has 17 heavy (non-hydrogen) atoms. The number of nitrogens with one attached hydrogen (secondary N) is 1. The zero-order chi connectivity index (χ0) is 12.8. The number of rotatable bonds is 5. The molecule has 1 amide bonds. The topological polar surface area (TPSA) is 75.6 Å². The van der Waals surface area contributed by atoms with Gasteiger partial charge in [0, 0.05) is 12.8 Å². The molecule has 0 heterocycles. The zero-order valence-corrected chi connectivity index (χ0v) is 9.77. The van der Waals surface area contributed by atoms with E-state index < -0.39 is 12.1 Å². The first-order valence-electron chi connectivity index (χ1n) is 5.25. The van der Waals surface area contributed by atoms with Crippen molar-refractivity contribution in [2.24, 2.45) is 0 Å². The minimum atomic E-state index is -0.994. The third kappa shape index (κ3) is 3.57. The Hall–Kier alpha value is -1.88. The minimum Gasteiger partial charge on any atom is -0.478 e. The molecule has 0 bridgehead atoms. The standard InChI is InChI=1S/C12H15NO4/c1-3-10(17-2)11(14)13-9-6-4-8(5-7-9)12(15)16/h4-7,10H,3H2,1-2H3,(H,13,14)(H,15,16)/t10-/m0/s1. The van der Waals surface area contributed by atoms with Crippen LogP contribution in [0.25, 0.3) is 0 Å². The number of hydrogen-bond donors (Lipinski definition) is 2. The highest BCUT2D eigenvalue weighted by Crippen LogP contribution is 2.11. The Morgan fingerprint density at radius 1 is 1.35 bits per heavy atom. The van der Waals surface area contributed by atoms with E-state index in [1.807, 2.05) is 6.92 Å². The summed E-state index contributed by atoms with van der Waals surface area (Å²) in [6, 6.07) is 5.96. The number of aromatic carboxylic acids is 1. The highest BCUT2D eigenvalue weighted by atomic mass is 16.5. The molecule has 1 rings (SSSR count). The predicted molar refractivity (Wildman–Crippen MR) is 63.1 cm³/mol. The van der Waals surface area contributed by atoms with Gasteiger partial charge in [0.1, 0.15) is 6.10 Å². The molecule has 5 nitrogen and oxygen atoms in total. The third-order valence-corrected chi connectivity index (χ3v) is 2.35. The number of carboxylic acid groups (broad SMARTS) is 1. The number of amides is 1. The molecule has 5 heteroatoms. The second-order valence-corrected chi connectivity index (χ2v) is 3.50. The number of ether oxygens (including phenoxy) is 1. The van der Waals surface area contributed by atoms with Crippen LogP contribution in [0.3, 0.4) is 0 Å². The van der Waals surface area contributed by atoms with Crippen LogP contribution in [0.1, 0.15) is 23.7 Å². The van der Waals surface area contributed by atoms with Gasteiger partial charge in [-0.15, -0.1) is 0 Å². The van der Waals surface area contributed by atoms with Gasteiger partial charge >= 0.3 is 5.97 Å². The molecule has 0 aliphatic carbocycles. The van der Waals surface area contributed by atoms with Gasteiger partial charge in [0.05, 0.1) is 5.56 Å². The molecule has 0 aliphatic heterocycles. The second kappa shape index (κ2) is 6.00. The molecule has 92 valence electrons. The Kier molecular flexibility index (Phi) is 4.66. The van der Waals surface area contributed by atoms with E-state index in [4.69, 9.17) is 9.84 Å². The van der Waals surface area contributed by atoms with Gasteiger partial charge in [-0.1, -0.05) is 6.92 Å². The fraction of sp³-hybridized carbons (Fsp3) is 0.333. The van der Waals surface area contributed by atoms with Crippen molar-refractivity contribution in [2.45, 2.75) is 19.4 Å². The Morgan fingerprint density at radius 2 is 1.94 bits per heavy atom. The van der Waals surface area contributed by atoms with Gasteiger partial charge in [0.25, 0.3) is 5.91 Å². The summed E-state index contributed by atoms with van der Waals surface area (Å²) in [5.41, 5.74) is 0.734. The summed E-state index contributed by atoms with van der Waals surface area (Å²) >= 11 is 0. The Morgan fingerprint density at radius 3 is 2.35 bits per heavy atom. The maximum atomic E-state index is 11.6. The lowest BCUT2D eigenvalue weighted by Crippen LogP contribution is -2.28. The molecule has 0 spiro atoms. The molecule has 0 saturated heterocycles. The number of carbonyl (C=O) groups excluding carboxylic acids is 1. The largest absolute Gasteiger partial charge is 0.478 e. The highest BCUT2D eigenvalue weighted by molar-refractivity contribution is 5.95. The normalized spacial score (nSPS) is 11.9. The molecule has 2 N–H and O–H groups in total. The Bertz CT molecular complexity index is 395. The van der Waals surface area contributed by atoms with Crippen LogP contribution < -0.4 is 5.32 Å². The molecule has 0 aromatic heterocycles. The van der Waals surface area contributed by atoms with E-state index in [1.165, 1.54) is 19.2 Å². The van der Waals surface area contributed by atoms with E-state index in [1.54, 1.807) is 12.1 Å². The minimum absolute atomic E-state index is 0.182. The maximum absolute atomic E-state index is 11.6. The van der Waals surface area contributed by atoms with Crippen LogP contribution in [-0.4, -0.2) is 30.2 Å². The van der Waals surface area contributed by atoms with Crippen LogP contribution in [-0.2, 0) is 9.53 Å². The maximum Gasteiger partial charge on any atom is 0.335 e. The number of carboxylic acids is 1. The number of methoxy groups -OCH3 is 1. The van der Waals surface area contributed by atoms with Crippen molar-refractivity contribution in [1.82, 2.24) is 0 Å². The van der Waals surface area contributed by atoms with Gasteiger partial charge in [-0.2, -0.15) is 0 Å². The lowest BCUT2D eigenvalue weighted by Gasteiger charge is -2.13. The third-order valence-electron chi connectivity index (χ3n) is 2.35. The van der Waals surface area contributed by atoms with Crippen molar-refractivity contribution >= 4 is 17.6 Å². The highest BCUT2D eigenvalue weighted by Gasteiger charge is 2.15. The van der Waals surface area contributed by atoms with Crippen LogP contribution in [0.4, 0.5) is 5.69 Å². The van der Waals surface area contributed by atoms with Crippen molar-refractivity contribution in [1.29, 1.82) is 0 Å². The molecule has 0 saturated carbocycles. The van der Waals surface area contributed by atoms with E-state index in [0.717, 1.165) is 0 Å². The van der Waals surface area contributed by atoms with E-state index in [2.05, 4.69) is 5.32 Å². The summed E-state index contributed by atoms with van der Waals surface area (Å²) in [6.45, 7) is 1.85. The Balaban J connectivity index is 2.69. The van der Waals surface area contributed by atoms with E-state index in [9.17, 15) is 9.59 Å². The lowest BCUT2D eigenvalue weighted by molar-refractivity contribution is -0.125. The monoisotopic (exact) mass is 237 g/mol. The van der Waals surface area contributed by atoms with Crippen LogP contribution in [0.5, 0.6) is 0 Å². The summed E-state index contributed by atoms with van der Waals surface area (Å²) in [5, 5.41) is 11.4. The van der Waals surface area contributed by atoms with Gasteiger partial charge in [-0.25, -0.2) is 4.79 Å². The smallest absolute Gasteiger partial charge is 0.335 e. The number of benzene rings is 1. The van der Waals surface area contributed by atoms with Crippen molar-refractivity contribution < 1.29 is 19.4 Å². The van der Waals surface area contributed by atoms with Crippen LogP contribution in [0.2, 0.25) is 0 Å². The van der Waals surface area contributed by atoms with Crippen LogP contribution >= 0.6 is 0 Å². The van der Waals surface area contributed by atoms with Crippen molar-refractivity contribution in [3.05, 3.63) is 29.8 Å². The summed E-state index contributed by atoms with van der Waals surface area (Å²) in [7, 11) is 1.47. The van der Waals surface area contributed by atoms with Gasteiger partial charge < -0.3 is 15.2 Å². The summed E-state index contributed by atoms with van der Waals surface area (Å²) < 4.78 is 4.99. The number of hydrogen-bond acceptors (Lipinski definition) is 3. The van der Waals surface area contributed by atoms with Gasteiger partial charge in [-0.05, 0) is 30.7 Å². The quantitative estimate of drug-likeness (QED) is 0.818. The predicted octanol–water partition coefficient (Wildman–Crippen LogP) is 1.75. The van der Waals surface area contributed by atoms with Gasteiger partial charge in [0.2, 0.25) is 0 Å². The van der Waals surface area contributed by atoms with Crippen LogP contribution in [0.15, 0.2) is 24.3 Å². The molecule has 0 radical (unpaired) electrons. The molecular formula is C12H15NO4. The van der Waals surface area contributed by atoms with E-state index in [-0.39, 0.29) is 11.5 Å². The summed E-state index contributed by atoms with van der Waals surface area (Å²) in [4.78, 5) is 22.3. The number of anilines is 1. The molecule has 1 atom stereocenters. The first kappa shape index (κ1) is 13.2. The fourth-order valence-electron chi connectivity index (χ4n) is 1.38. The SMILES string of the molecule is CC[C@H](OC)C(=O)Nc1ccc(C(=O)O)cc1. The molecule has 0 fully saturated rings. The first-order valence-corrected chi connectivity index (χ1v) is 5.25. The van der Waals surface area contributed by atoms with E-state index in [0.29, 0.717) is 12.1 Å². The Labute approximate surface area is 99.4 Å². The summed E-state index contributed by atoms with van der Waals surface area (Å²) in [5.74, 6) is -1.23. The first-order chi connectivity index (χ1) is 8.08. The average molecular weight is 237 g/mol. The van der Waals surface area contributed by atoms with Crippen molar-refractivity contribution in [3.8, 4) is 0 Å². The fourth-order valence-corrected chi connectivity index (χ4v) is 1.38. The zero-order valence-electron chi connectivity index (χ0n) is 9.77. The van der Waals surface area contributed by atoms with E-state index >= 15 is 0 Å². The molecule has 1 aromatic carbocycles. The lowest BCUT2D eigenvalue weighted by atomic mass is 10.2. The van der Waals surface area contributed by atoms with Gasteiger partial charge in [0.15, 0.2) is 0 Å². The number of carbonyl (C=O) groups is 2. The molecule has 0 aliphatic rings.